The molecule has 5 nitrogen and oxygen atoms in total. The van der Waals surface area contributed by atoms with Gasteiger partial charge in [-0.3, -0.25) is 4.79 Å². The van der Waals surface area contributed by atoms with Gasteiger partial charge in [-0.25, -0.2) is 0 Å². The molecule has 1 aliphatic heterocycles. The van der Waals surface area contributed by atoms with Crippen molar-refractivity contribution in [3.05, 3.63) is 0 Å². The highest BCUT2D eigenvalue weighted by Gasteiger charge is 2.19. The van der Waals surface area contributed by atoms with Crippen LogP contribution >= 0.6 is 8.60 Å². The van der Waals surface area contributed by atoms with Gasteiger partial charge in [0, 0.05) is 26.6 Å². The van der Waals surface area contributed by atoms with E-state index in [1.54, 1.807) is 7.11 Å². The van der Waals surface area contributed by atoms with Crippen molar-refractivity contribution in [3.63, 3.8) is 0 Å². The lowest BCUT2D eigenvalue weighted by Crippen LogP contribution is -2.37. The van der Waals surface area contributed by atoms with E-state index in [0.29, 0.717) is 32.7 Å². The summed E-state index contributed by atoms with van der Waals surface area (Å²) in [5, 5.41) is 0. The topological polar surface area (TPSA) is 48.0 Å². The van der Waals surface area contributed by atoms with Crippen LogP contribution in [0.2, 0.25) is 0 Å². The maximum atomic E-state index is 12.3. The Balaban J connectivity index is 1.89. The average molecular weight is 404 g/mol. The van der Waals surface area contributed by atoms with Crippen molar-refractivity contribution < 1.29 is 18.4 Å². The Kier molecular flexibility index (Phi) is 16.4. The van der Waals surface area contributed by atoms with Gasteiger partial charge < -0.3 is 18.5 Å². The summed E-state index contributed by atoms with van der Waals surface area (Å²) >= 11 is 0. The van der Waals surface area contributed by atoms with E-state index in [1.807, 2.05) is 4.90 Å². The van der Waals surface area contributed by atoms with Crippen LogP contribution in [0.1, 0.15) is 96.8 Å². The van der Waals surface area contributed by atoms with Crippen molar-refractivity contribution in [2.75, 3.05) is 33.4 Å². The number of hydrogen-bond acceptors (Lipinski definition) is 4. The molecule has 0 spiro atoms. The van der Waals surface area contributed by atoms with Gasteiger partial charge >= 0.3 is 8.60 Å². The normalized spacial score (nSPS) is 16.3. The predicted molar refractivity (Wildman–Crippen MR) is 113 cm³/mol. The van der Waals surface area contributed by atoms with E-state index in [9.17, 15) is 4.79 Å². The van der Waals surface area contributed by atoms with Crippen LogP contribution < -0.4 is 0 Å². The van der Waals surface area contributed by atoms with E-state index >= 15 is 0 Å². The summed E-state index contributed by atoms with van der Waals surface area (Å²) in [6.07, 6.45) is 17.9. The average Bonchev–Trinajstić information content (AvgIpc) is 2.65. The lowest BCUT2D eigenvalue weighted by atomic mass is 10.0. The molecule has 0 saturated carbocycles. The number of amides is 1. The third-order valence-corrected chi connectivity index (χ3v) is 6.20. The summed E-state index contributed by atoms with van der Waals surface area (Å²) in [6, 6.07) is 0. The molecule has 0 aliphatic carbocycles. The van der Waals surface area contributed by atoms with Gasteiger partial charge in [-0.15, -0.1) is 0 Å². The van der Waals surface area contributed by atoms with Gasteiger partial charge in [0.05, 0.1) is 13.2 Å². The highest BCUT2D eigenvalue weighted by atomic mass is 31.2. The summed E-state index contributed by atoms with van der Waals surface area (Å²) in [4.78, 5) is 14.2. The molecule has 0 N–H and O–H groups in total. The first kappa shape index (κ1) is 24.8. The van der Waals surface area contributed by atoms with Crippen molar-refractivity contribution in [2.45, 2.75) is 96.8 Å². The monoisotopic (exact) mass is 403 g/mol. The number of unbranched alkanes of at least 4 members (excludes halogenated alkanes) is 12. The molecule has 0 aromatic carbocycles. The molecule has 0 aromatic heterocycles. The van der Waals surface area contributed by atoms with Gasteiger partial charge in [-0.2, -0.15) is 0 Å². The van der Waals surface area contributed by atoms with E-state index in [0.717, 1.165) is 6.42 Å². The van der Waals surface area contributed by atoms with Crippen LogP contribution in [0.15, 0.2) is 0 Å². The number of hydrogen-bond donors (Lipinski definition) is 0. The lowest BCUT2D eigenvalue weighted by Gasteiger charge is -2.27. The second-order valence-corrected chi connectivity index (χ2v) is 8.77. The molecule has 0 radical (unpaired) electrons. The van der Waals surface area contributed by atoms with E-state index in [1.165, 1.54) is 77.0 Å². The fourth-order valence-corrected chi connectivity index (χ4v) is 4.15. The largest absolute Gasteiger partial charge is 0.338 e. The molecular weight excluding hydrogens is 361 g/mol. The number of carbonyl (C=O) groups is 1. The summed E-state index contributed by atoms with van der Waals surface area (Å²) in [5.74, 6) is 0.230. The Morgan fingerprint density at radius 2 is 1.26 bits per heavy atom. The highest BCUT2D eigenvalue weighted by Crippen LogP contribution is 2.38. The van der Waals surface area contributed by atoms with Crippen LogP contribution in [0.4, 0.5) is 0 Å². The first-order valence-electron chi connectivity index (χ1n) is 11.2. The second-order valence-electron chi connectivity index (χ2n) is 7.45. The van der Waals surface area contributed by atoms with Gasteiger partial charge in [0.15, 0.2) is 0 Å². The van der Waals surface area contributed by atoms with E-state index < -0.39 is 8.60 Å². The van der Waals surface area contributed by atoms with Gasteiger partial charge in [0.1, 0.15) is 0 Å². The number of rotatable bonds is 15. The maximum absolute atomic E-state index is 12.3. The zero-order valence-corrected chi connectivity index (χ0v) is 18.6. The zero-order chi connectivity index (χ0) is 19.6. The zero-order valence-electron chi connectivity index (χ0n) is 17.8. The minimum absolute atomic E-state index is 0.230. The van der Waals surface area contributed by atoms with Gasteiger partial charge in [0.2, 0.25) is 5.91 Å². The molecular formula is C21H42NO4P. The minimum Gasteiger partial charge on any atom is -0.338 e. The van der Waals surface area contributed by atoms with E-state index in [2.05, 4.69) is 6.92 Å². The molecule has 0 atom stereocenters. The van der Waals surface area contributed by atoms with Crippen molar-refractivity contribution in [3.8, 4) is 0 Å². The van der Waals surface area contributed by atoms with E-state index in [-0.39, 0.29) is 5.91 Å². The van der Waals surface area contributed by atoms with E-state index in [4.69, 9.17) is 13.6 Å². The summed E-state index contributed by atoms with van der Waals surface area (Å²) in [5.41, 5.74) is 0. The molecule has 0 aromatic rings. The molecule has 1 aliphatic rings. The van der Waals surface area contributed by atoms with Gasteiger partial charge in [-0.1, -0.05) is 84.0 Å². The third kappa shape index (κ3) is 13.6. The molecule has 27 heavy (non-hydrogen) atoms. The summed E-state index contributed by atoms with van der Waals surface area (Å²) < 4.78 is 16.0. The molecule has 160 valence electrons. The van der Waals surface area contributed by atoms with Gasteiger partial charge in [-0.05, 0) is 6.42 Å². The van der Waals surface area contributed by atoms with Crippen LogP contribution in [0.25, 0.3) is 0 Å². The fourth-order valence-electron chi connectivity index (χ4n) is 3.41. The standard InChI is InChI=1S/C21H42NO4P/c1-3-4-5-6-7-8-9-10-11-12-13-14-15-16-21(23)22-17-19-25-27(24-2)26-20-18-22/h3-20H2,1-2H3. The SMILES string of the molecule is CCCCCCCCCCCCCCCC(=O)N1CCOP(OC)OCC1. The molecule has 0 bridgehead atoms. The molecule has 1 amide bonds. The van der Waals surface area contributed by atoms with Crippen LogP contribution in [-0.2, 0) is 18.4 Å². The molecule has 1 rings (SSSR count). The Hall–Kier alpha value is -0.220. The quantitative estimate of drug-likeness (QED) is 0.241. The Bertz CT molecular complexity index is 347. The molecule has 6 heteroatoms. The predicted octanol–water partition coefficient (Wildman–Crippen LogP) is 6.22. The number of nitrogens with zero attached hydrogens (tertiary/aromatic N) is 1. The minimum atomic E-state index is -1.22. The second kappa shape index (κ2) is 17.8. The first-order valence-corrected chi connectivity index (χ1v) is 12.2. The van der Waals surface area contributed by atoms with Crippen molar-refractivity contribution >= 4 is 14.5 Å². The van der Waals surface area contributed by atoms with Crippen LogP contribution in [-0.4, -0.2) is 44.2 Å². The summed E-state index contributed by atoms with van der Waals surface area (Å²) in [6.45, 7) is 4.53. The Morgan fingerprint density at radius 3 is 1.70 bits per heavy atom. The Labute approximate surface area is 168 Å². The van der Waals surface area contributed by atoms with Crippen molar-refractivity contribution in [1.29, 1.82) is 0 Å². The molecule has 1 saturated heterocycles. The fraction of sp³-hybridized carbons (Fsp3) is 0.952. The molecule has 1 fully saturated rings. The first-order chi connectivity index (χ1) is 13.3. The third-order valence-electron chi connectivity index (χ3n) is 5.11. The maximum Gasteiger partial charge on any atom is 0.332 e. The van der Waals surface area contributed by atoms with Gasteiger partial charge in [0.25, 0.3) is 0 Å². The Morgan fingerprint density at radius 1 is 0.815 bits per heavy atom. The van der Waals surface area contributed by atoms with Crippen molar-refractivity contribution in [1.82, 2.24) is 4.90 Å². The van der Waals surface area contributed by atoms with Crippen LogP contribution in [0.3, 0.4) is 0 Å². The van der Waals surface area contributed by atoms with Crippen LogP contribution in [0, 0.1) is 0 Å². The smallest absolute Gasteiger partial charge is 0.332 e. The highest BCUT2D eigenvalue weighted by molar-refractivity contribution is 7.41. The summed E-state index contributed by atoms with van der Waals surface area (Å²) in [7, 11) is 0.371. The van der Waals surface area contributed by atoms with Crippen LogP contribution in [0.5, 0.6) is 0 Å². The van der Waals surface area contributed by atoms with Crippen molar-refractivity contribution in [2.24, 2.45) is 0 Å². The molecule has 1 heterocycles. The lowest BCUT2D eigenvalue weighted by molar-refractivity contribution is -0.132. The molecule has 0 unspecified atom stereocenters. The number of carbonyl (C=O) groups excluding carboxylic acids is 1.